The number of benzene rings is 2. The molecule has 0 saturated carbocycles. The Kier molecular flexibility index (Phi) is 6.45. The Bertz CT molecular complexity index is 720. The molecule has 4 heteroatoms. The lowest BCUT2D eigenvalue weighted by Crippen LogP contribution is -2.26. The van der Waals surface area contributed by atoms with Gasteiger partial charge in [0.05, 0.1) is 19.3 Å². The molecule has 4 nitrogen and oxygen atoms in total. The van der Waals surface area contributed by atoms with Crippen molar-refractivity contribution >= 4 is 5.91 Å². The van der Waals surface area contributed by atoms with E-state index in [1.165, 1.54) is 0 Å². The number of amides is 1. The van der Waals surface area contributed by atoms with Crippen LogP contribution in [0.5, 0.6) is 11.5 Å². The summed E-state index contributed by atoms with van der Waals surface area (Å²) >= 11 is 0. The molecule has 0 bridgehead atoms. The highest BCUT2D eigenvalue weighted by molar-refractivity contribution is 5.94. The number of carbonyl (C=O) groups excluding carboxylic acids is 1. The summed E-state index contributed by atoms with van der Waals surface area (Å²) in [6.45, 7) is 11.0. The van der Waals surface area contributed by atoms with E-state index in [4.69, 9.17) is 9.47 Å². The maximum Gasteiger partial charge on any atom is 0.251 e. The van der Waals surface area contributed by atoms with Crippen LogP contribution in [0.2, 0.25) is 0 Å². The maximum absolute atomic E-state index is 12.5. The van der Waals surface area contributed by atoms with Gasteiger partial charge in [0.1, 0.15) is 0 Å². The van der Waals surface area contributed by atoms with Gasteiger partial charge in [-0.25, -0.2) is 0 Å². The molecule has 1 N–H and O–H groups in total. The molecule has 2 aromatic carbocycles. The van der Waals surface area contributed by atoms with Gasteiger partial charge in [-0.1, -0.05) is 23.3 Å². The van der Waals surface area contributed by atoms with Crippen LogP contribution >= 0.6 is 0 Å². The van der Waals surface area contributed by atoms with Gasteiger partial charge in [0.25, 0.3) is 5.91 Å². The average Bonchev–Trinajstić information content (AvgIpc) is 2.55. The Morgan fingerprint density at radius 2 is 1.56 bits per heavy atom. The van der Waals surface area contributed by atoms with E-state index in [1.807, 2.05) is 65.0 Å². The number of hydrogen-bond donors (Lipinski definition) is 1. The van der Waals surface area contributed by atoms with Crippen molar-refractivity contribution in [2.24, 2.45) is 0 Å². The first-order valence-corrected chi connectivity index (χ1v) is 8.73. The second-order valence-electron chi connectivity index (χ2n) is 6.14. The summed E-state index contributed by atoms with van der Waals surface area (Å²) in [5, 5.41) is 3.05. The fraction of sp³-hybridized carbons (Fsp3) is 0.381. The topological polar surface area (TPSA) is 47.6 Å². The number of ether oxygens (including phenoxy) is 2. The molecular weight excluding hydrogens is 314 g/mol. The average molecular weight is 341 g/mol. The van der Waals surface area contributed by atoms with E-state index in [0.717, 1.165) is 22.4 Å². The molecule has 0 unspecified atom stereocenters. The Morgan fingerprint density at radius 3 is 2.16 bits per heavy atom. The summed E-state index contributed by atoms with van der Waals surface area (Å²) in [5.41, 5.74) is 3.82. The summed E-state index contributed by atoms with van der Waals surface area (Å²) in [6, 6.07) is 11.5. The van der Waals surface area contributed by atoms with Crippen LogP contribution in [0, 0.1) is 13.8 Å². The van der Waals surface area contributed by atoms with Crippen LogP contribution in [-0.2, 0) is 0 Å². The summed E-state index contributed by atoms with van der Waals surface area (Å²) in [6.07, 6.45) is 0. The van der Waals surface area contributed by atoms with E-state index >= 15 is 0 Å². The van der Waals surface area contributed by atoms with Gasteiger partial charge >= 0.3 is 0 Å². The van der Waals surface area contributed by atoms with Crippen LogP contribution in [-0.4, -0.2) is 19.1 Å². The molecule has 0 heterocycles. The van der Waals surface area contributed by atoms with Crippen LogP contribution < -0.4 is 14.8 Å². The van der Waals surface area contributed by atoms with Gasteiger partial charge in [-0.2, -0.15) is 0 Å². The van der Waals surface area contributed by atoms with Gasteiger partial charge in [-0.3, -0.25) is 4.79 Å². The van der Waals surface area contributed by atoms with E-state index in [2.05, 4.69) is 11.4 Å². The highest BCUT2D eigenvalue weighted by atomic mass is 16.5. The minimum atomic E-state index is -0.136. The van der Waals surface area contributed by atoms with E-state index in [-0.39, 0.29) is 11.9 Å². The van der Waals surface area contributed by atoms with Crippen molar-refractivity contribution in [3.05, 3.63) is 58.7 Å². The molecule has 0 aromatic heterocycles. The molecular formula is C21H27NO3. The standard InChI is InChI=1S/C21H27NO3/c1-6-24-19-9-8-17(13-20(19)25-7-2)16(5)22-21(23)18-11-14(3)10-15(4)12-18/h8-13,16H,6-7H2,1-5H3,(H,22,23)/t16-/m0/s1. The first kappa shape index (κ1) is 18.8. The third kappa shape index (κ3) is 4.99. The quantitative estimate of drug-likeness (QED) is 0.801. The van der Waals surface area contributed by atoms with Crippen molar-refractivity contribution in [1.29, 1.82) is 0 Å². The number of aryl methyl sites for hydroxylation is 2. The minimum absolute atomic E-state index is 0.0776. The monoisotopic (exact) mass is 341 g/mol. The van der Waals surface area contributed by atoms with Gasteiger partial charge in [-0.05, 0) is 64.4 Å². The zero-order valence-corrected chi connectivity index (χ0v) is 15.7. The molecule has 0 spiro atoms. The molecule has 25 heavy (non-hydrogen) atoms. The molecule has 1 atom stereocenters. The van der Waals surface area contributed by atoms with Gasteiger partial charge in [-0.15, -0.1) is 0 Å². The second kappa shape index (κ2) is 8.56. The molecule has 2 aromatic rings. The van der Waals surface area contributed by atoms with Gasteiger partial charge in [0.15, 0.2) is 11.5 Å². The van der Waals surface area contributed by atoms with Crippen LogP contribution in [0.4, 0.5) is 0 Å². The van der Waals surface area contributed by atoms with Crippen molar-refractivity contribution < 1.29 is 14.3 Å². The summed E-state index contributed by atoms with van der Waals surface area (Å²) < 4.78 is 11.3. The minimum Gasteiger partial charge on any atom is -0.490 e. The Morgan fingerprint density at radius 1 is 0.960 bits per heavy atom. The molecule has 0 aliphatic carbocycles. The summed E-state index contributed by atoms with van der Waals surface area (Å²) in [7, 11) is 0. The summed E-state index contributed by atoms with van der Waals surface area (Å²) in [4.78, 5) is 12.5. The normalized spacial score (nSPS) is 11.7. The Labute approximate surface area is 150 Å². The Hall–Kier alpha value is -2.49. The zero-order valence-electron chi connectivity index (χ0n) is 15.7. The SMILES string of the molecule is CCOc1ccc([C@H](C)NC(=O)c2cc(C)cc(C)c2)cc1OCC. The number of nitrogens with one attached hydrogen (secondary N) is 1. The predicted octanol–water partition coefficient (Wildman–Crippen LogP) is 4.59. The highest BCUT2D eigenvalue weighted by Gasteiger charge is 2.15. The van der Waals surface area contributed by atoms with Gasteiger partial charge in [0.2, 0.25) is 0 Å². The van der Waals surface area contributed by atoms with E-state index in [9.17, 15) is 4.79 Å². The largest absolute Gasteiger partial charge is 0.490 e. The predicted molar refractivity (Wildman–Crippen MR) is 101 cm³/mol. The van der Waals surface area contributed by atoms with Crippen LogP contribution in [0.1, 0.15) is 53.9 Å². The van der Waals surface area contributed by atoms with Crippen molar-refractivity contribution in [2.45, 2.75) is 40.7 Å². The van der Waals surface area contributed by atoms with Crippen molar-refractivity contribution in [3.8, 4) is 11.5 Å². The van der Waals surface area contributed by atoms with Crippen molar-refractivity contribution in [1.82, 2.24) is 5.32 Å². The lowest BCUT2D eigenvalue weighted by molar-refractivity contribution is 0.0939. The van der Waals surface area contributed by atoms with Gasteiger partial charge < -0.3 is 14.8 Å². The van der Waals surface area contributed by atoms with E-state index in [1.54, 1.807) is 0 Å². The highest BCUT2D eigenvalue weighted by Crippen LogP contribution is 2.30. The number of hydrogen-bond acceptors (Lipinski definition) is 3. The molecule has 0 fully saturated rings. The zero-order chi connectivity index (χ0) is 18.4. The molecule has 0 aliphatic heterocycles. The fourth-order valence-corrected chi connectivity index (χ4v) is 2.81. The first-order valence-electron chi connectivity index (χ1n) is 8.73. The summed E-state index contributed by atoms with van der Waals surface area (Å²) in [5.74, 6) is 1.35. The van der Waals surface area contributed by atoms with E-state index < -0.39 is 0 Å². The first-order chi connectivity index (χ1) is 11.9. The molecule has 0 saturated heterocycles. The smallest absolute Gasteiger partial charge is 0.251 e. The lowest BCUT2D eigenvalue weighted by atomic mass is 10.0. The van der Waals surface area contributed by atoms with Crippen molar-refractivity contribution in [3.63, 3.8) is 0 Å². The lowest BCUT2D eigenvalue weighted by Gasteiger charge is -2.18. The molecule has 134 valence electrons. The van der Waals surface area contributed by atoms with Crippen molar-refractivity contribution in [2.75, 3.05) is 13.2 Å². The molecule has 0 aliphatic rings. The number of rotatable bonds is 7. The van der Waals surface area contributed by atoms with Crippen LogP contribution in [0.15, 0.2) is 36.4 Å². The van der Waals surface area contributed by atoms with E-state index in [0.29, 0.717) is 24.5 Å². The van der Waals surface area contributed by atoms with Crippen LogP contribution in [0.25, 0.3) is 0 Å². The number of carbonyl (C=O) groups is 1. The second-order valence-corrected chi connectivity index (χ2v) is 6.14. The third-order valence-electron chi connectivity index (χ3n) is 3.90. The maximum atomic E-state index is 12.5. The third-order valence-corrected chi connectivity index (χ3v) is 3.90. The fourth-order valence-electron chi connectivity index (χ4n) is 2.81. The van der Waals surface area contributed by atoms with Crippen LogP contribution in [0.3, 0.4) is 0 Å². The van der Waals surface area contributed by atoms with Gasteiger partial charge in [0, 0.05) is 5.56 Å². The molecule has 2 rings (SSSR count). The molecule has 0 radical (unpaired) electrons. The molecule has 1 amide bonds. The Balaban J connectivity index is 2.17.